The van der Waals surface area contributed by atoms with Crippen molar-refractivity contribution in [3.8, 4) is 28.4 Å². The molecule has 1 heterocycles. The van der Waals surface area contributed by atoms with Crippen molar-refractivity contribution in [3.63, 3.8) is 0 Å². The van der Waals surface area contributed by atoms with Crippen molar-refractivity contribution in [2.24, 2.45) is 0 Å². The van der Waals surface area contributed by atoms with E-state index < -0.39 is 11.6 Å². The largest absolute Gasteiger partial charge is 0.459 e. The van der Waals surface area contributed by atoms with Gasteiger partial charge in [-0.2, -0.15) is 9.97 Å². The van der Waals surface area contributed by atoms with Crippen LogP contribution in [-0.4, -0.2) is 9.97 Å². The first-order valence-electron chi connectivity index (χ1n) is 10.0. The monoisotopic (exact) mass is 504 g/mol. The van der Waals surface area contributed by atoms with Crippen molar-refractivity contribution in [1.29, 1.82) is 0 Å². The third-order valence-corrected chi connectivity index (χ3v) is 5.77. The van der Waals surface area contributed by atoms with Gasteiger partial charge < -0.3 is 4.74 Å². The molecule has 168 valence electrons. The Kier molecular flexibility index (Phi) is 7.13. The van der Waals surface area contributed by atoms with Gasteiger partial charge in [-0.1, -0.05) is 59.9 Å². The molecule has 8 heteroatoms. The molecule has 0 unspecified atom stereocenters. The summed E-state index contributed by atoms with van der Waals surface area (Å²) >= 11 is 18.7. The van der Waals surface area contributed by atoms with Crippen molar-refractivity contribution >= 4 is 34.8 Å². The lowest BCUT2D eigenvalue weighted by molar-refractivity contribution is 0.279. The number of nitrogens with zero attached hydrogens (tertiary/aromatic N) is 2. The predicted octanol–water partition coefficient (Wildman–Crippen LogP) is 8.19. The Morgan fingerprint density at radius 1 is 0.818 bits per heavy atom. The van der Waals surface area contributed by atoms with Crippen molar-refractivity contribution in [3.05, 3.63) is 98.6 Å². The van der Waals surface area contributed by atoms with Crippen LogP contribution in [0.5, 0.6) is 6.01 Å². The molecule has 0 aliphatic heterocycles. The highest BCUT2D eigenvalue weighted by Crippen LogP contribution is 2.39. The molecule has 4 rings (SSSR count). The molecule has 0 amide bonds. The molecular formula is C25H17Cl3F2N2O. The van der Waals surface area contributed by atoms with Gasteiger partial charge in [-0.3, -0.25) is 0 Å². The van der Waals surface area contributed by atoms with E-state index in [1.807, 2.05) is 19.1 Å². The average molecular weight is 506 g/mol. The Balaban J connectivity index is 1.82. The van der Waals surface area contributed by atoms with Crippen LogP contribution >= 0.6 is 34.8 Å². The lowest BCUT2D eigenvalue weighted by Gasteiger charge is -2.16. The standard InChI is InChI=1S/C25H17Cl3F2N2O/c1-2-22-23(15-4-6-16(26)7-5-15)24(18-9-8-17(27)12-19(18)28)32-25(31-22)33-13-14-3-10-20(29)21(30)11-14/h3-12H,2,13H2,1H3. The molecule has 0 bridgehead atoms. The van der Waals surface area contributed by atoms with E-state index in [-0.39, 0.29) is 12.6 Å². The quantitative estimate of drug-likeness (QED) is 0.265. The normalized spacial score (nSPS) is 11.0. The third kappa shape index (κ3) is 5.27. The summed E-state index contributed by atoms with van der Waals surface area (Å²) in [5.41, 5.74) is 4.05. The van der Waals surface area contributed by atoms with Crippen LogP contribution in [0.4, 0.5) is 8.78 Å². The second kappa shape index (κ2) is 10.0. The summed E-state index contributed by atoms with van der Waals surface area (Å²) in [4.78, 5) is 9.21. The van der Waals surface area contributed by atoms with E-state index in [0.29, 0.717) is 38.3 Å². The van der Waals surface area contributed by atoms with Crippen LogP contribution in [-0.2, 0) is 13.0 Å². The Morgan fingerprint density at radius 3 is 2.21 bits per heavy atom. The number of aromatic nitrogens is 2. The molecule has 0 saturated heterocycles. The number of rotatable bonds is 6. The lowest BCUT2D eigenvalue weighted by atomic mass is 9.96. The summed E-state index contributed by atoms with van der Waals surface area (Å²) < 4.78 is 32.5. The van der Waals surface area contributed by atoms with Gasteiger partial charge in [-0.25, -0.2) is 8.78 Å². The fraction of sp³-hybridized carbons (Fsp3) is 0.120. The van der Waals surface area contributed by atoms with Crippen LogP contribution in [0.3, 0.4) is 0 Å². The zero-order valence-electron chi connectivity index (χ0n) is 17.4. The number of benzene rings is 3. The summed E-state index contributed by atoms with van der Waals surface area (Å²) in [5, 5.41) is 1.52. The van der Waals surface area contributed by atoms with Crippen molar-refractivity contribution in [1.82, 2.24) is 9.97 Å². The SMILES string of the molecule is CCc1nc(OCc2ccc(F)c(F)c2)nc(-c2ccc(Cl)cc2Cl)c1-c1ccc(Cl)cc1. The Morgan fingerprint density at radius 2 is 1.55 bits per heavy atom. The maximum Gasteiger partial charge on any atom is 0.317 e. The lowest BCUT2D eigenvalue weighted by Crippen LogP contribution is -2.06. The van der Waals surface area contributed by atoms with E-state index in [1.165, 1.54) is 6.07 Å². The van der Waals surface area contributed by atoms with Crippen LogP contribution < -0.4 is 4.74 Å². The molecule has 1 aromatic heterocycles. The number of hydrogen-bond acceptors (Lipinski definition) is 3. The smallest absolute Gasteiger partial charge is 0.317 e. The van der Waals surface area contributed by atoms with E-state index in [2.05, 4.69) is 9.97 Å². The molecule has 3 nitrogen and oxygen atoms in total. The summed E-state index contributed by atoms with van der Waals surface area (Å²) in [6.07, 6.45) is 0.584. The van der Waals surface area contributed by atoms with Gasteiger partial charge in [0, 0.05) is 21.2 Å². The highest BCUT2D eigenvalue weighted by atomic mass is 35.5. The second-order valence-electron chi connectivity index (χ2n) is 7.20. The Labute approximate surface area is 204 Å². The highest BCUT2D eigenvalue weighted by molar-refractivity contribution is 6.36. The maximum atomic E-state index is 13.6. The zero-order valence-corrected chi connectivity index (χ0v) is 19.6. The topological polar surface area (TPSA) is 35.0 Å². The first kappa shape index (κ1) is 23.4. The fourth-order valence-electron chi connectivity index (χ4n) is 3.38. The fourth-order valence-corrected chi connectivity index (χ4v) is 4.00. The minimum absolute atomic E-state index is 0.0333. The molecule has 0 N–H and O–H groups in total. The molecule has 3 aromatic carbocycles. The minimum Gasteiger partial charge on any atom is -0.459 e. The van der Waals surface area contributed by atoms with Crippen LogP contribution in [0.2, 0.25) is 15.1 Å². The molecule has 0 atom stereocenters. The molecule has 0 aliphatic carbocycles. The van der Waals surface area contributed by atoms with Crippen LogP contribution in [0, 0.1) is 11.6 Å². The summed E-state index contributed by atoms with van der Waals surface area (Å²) in [5.74, 6) is -1.87. The van der Waals surface area contributed by atoms with Crippen LogP contribution in [0.15, 0.2) is 60.7 Å². The van der Waals surface area contributed by atoms with Crippen molar-refractivity contribution < 1.29 is 13.5 Å². The van der Waals surface area contributed by atoms with Gasteiger partial charge in [0.15, 0.2) is 11.6 Å². The average Bonchev–Trinajstić information content (AvgIpc) is 2.80. The molecule has 33 heavy (non-hydrogen) atoms. The number of ether oxygens (including phenoxy) is 1. The Hall–Kier alpha value is -2.73. The van der Waals surface area contributed by atoms with E-state index in [1.54, 1.807) is 30.3 Å². The van der Waals surface area contributed by atoms with Crippen molar-refractivity contribution in [2.75, 3.05) is 0 Å². The van der Waals surface area contributed by atoms with E-state index in [0.717, 1.165) is 29.0 Å². The van der Waals surface area contributed by atoms with Crippen LogP contribution in [0.1, 0.15) is 18.2 Å². The molecule has 0 spiro atoms. The van der Waals surface area contributed by atoms with E-state index in [4.69, 9.17) is 39.5 Å². The first-order chi connectivity index (χ1) is 15.9. The number of hydrogen-bond donors (Lipinski definition) is 0. The number of halogens is 5. The predicted molar refractivity (Wildman–Crippen MR) is 128 cm³/mol. The molecule has 0 aliphatic rings. The van der Waals surface area contributed by atoms with Gasteiger partial charge in [0.05, 0.1) is 16.4 Å². The van der Waals surface area contributed by atoms with Gasteiger partial charge in [0.1, 0.15) is 6.61 Å². The highest BCUT2D eigenvalue weighted by Gasteiger charge is 2.20. The molecule has 0 fully saturated rings. The summed E-state index contributed by atoms with van der Waals surface area (Å²) in [7, 11) is 0. The third-order valence-electron chi connectivity index (χ3n) is 4.97. The molecule has 0 radical (unpaired) electrons. The van der Waals surface area contributed by atoms with E-state index >= 15 is 0 Å². The maximum absolute atomic E-state index is 13.6. The molecular weight excluding hydrogens is 489 g/mol. The number of aryl methyl sites for hydroxylation is 1. The van der Waals surface area contributed by atoms with E-state index in [9.17, 15) is 8.78 Å². The van der Waals surface area contributed by atoms with Gasteiger partial charge >= 0.3 is 6.01 Å². The zero-order chi connectivity index (χ0) is 23.5. The minimum atomic E-state index is -0.946. The van der Waals surface area contributed by atoms with Gasteiger partial charge in [0.2, 0.25) is 0 Å². The molecule has 0 saturated carbocycles. The van der Waals surface area contributed by atoms with Gasteiger partial charge in [-0.15, -0.1) is 0 Å². The summed E-state index contributed by atoms with van der Waals surface area (Å²) in [6.45, 7) is 1.93. The first-order valence-corrected chi connectivity index (χ1v) is 11.2. The summed E-state index contributed by atoms with van der Waals surface area (Å²) in [6, 6.07) is 16.2. The second-order valence-corrected chi connectivity index (χ2v) is 8.48. The van der Waals surface area contributed by atoms with Crippen molar-refractivity contribution in [2.45, 2.75) is 20.0 Å². The molecule has 4 aromatic rings. The van der Waals surface area contributed by atoms with Crippen LogP contribution in [0.25, 0.3) is 22.4 Å². The van der Waals surface area contributed by atoms with Gasteiger partial charge in [0.25, 0.3) is 0 Å². The van der Waals surface area contributed by atoms with Gasteiger partial charge in [-0.05, 0) is 60.0 Å². The Bertz CT molecular complexity index is 1310.